The van der Waals surface area contributed by atoms with Crippen LogP contribution in [0, 0.1) is 11.3 Å². The summed E-state index contributed by atoms with van der Waals surface area (Å²) in [5, 5.41) is 2.90. The summed E-state index contributed by atoms with van der Waals surface area (Å²) in [6.07, 6.45) is 3.14. The minimum absolute atomic E-state index is 0.105. The third-order valence-electron chi connectivity index (χ3n) is 7.64. The highest BCUT2D eigenvalue weighted by Gasteiger charge is 2.68. The number of carbonyl (C=O) groups is 2. The van der Waals surface area contributed by atoms with Gasteiger partial charge in [0.15, 0.2) is 5.54 Å². The van der Waals surface area contributed by atoms with Crippen LogP contribution in [-0.2, 0) is 21.5 Å². The molecule has 168 valence electrons. The Balaban J connectivity index is 1.55. The molecule has 3 amide bonds. The highest BCUT2D eigenvalue weighted by Crippen LogP contribution is 2.60. The number of nitrogens with one attached hydrogen (secondary N) is 1. The molecule has 3 aliphatic carbocycles. The van der Waals surface area contributed by atoms with Gasteiger partial charge in [0.25, 0.3) is 12.3 Å². The molecule has 0 aromatic heterocycles. The Morgan fingerprint density at radius 2 is 1.94 bits per heavy atom. The number of imide groups is 1. The van der Waals surface area contributed by atoms with Crippen molar-refractivity contribution in [1.82, 2.24) is 10.2 Å². The fraction of sp³-hybridized carbons (Fsp3) is 0.652. The molecule has 1 aromatic rings. The van der Waals surface area contributed by atoms with Crippen LogP contribution in [0.3, 0.4) is 0 Å². The molecule has 3 fully saturated rings. The average molecular weight is 434 g/mol. The van der Waals surface area contributed by atoms with Crippen LogP contribution in [-0.4, -0.2) is 49.6 Å². The number of rotatable bonds is 6. The monoisotopic (exact) mass is 434 g/mol. The fourth-order valence-electron chi connectivity index (χ4n) is 5.78. The molecule has 1 aromatic carbocycles. The van der Waals surface area contributed by atoms with Gasteiger partial charge in [-0.25, -0.2) is 13.6 Å². The van der Waals surface area contributed by atoms with Gasteiger partial charge in [-0.1, -0.05) is 6.07 Å². The lowest BCUT2D eigenvalue weighted by molar-refractivity contribution is -0.139. The van der Waals surface area contributed by atoms with Crippen molar-refractivity contribution in [3.63, 3.8) is 0 Å². The zero-order chi connectivity index (χ0) is 21.8. The van der Waals surface area contributed by atoms with Crippen LogP contribution in [0.15, 0.2) is 18.2 Å². The molecule has 1 heterocycles. The third-order valence-corrected chi connectivity index (χ3v) is 7.64. The van der Waals surface area contributed by atoms with Gasteiger partial charge in [-0.15, -0.1) is 0 Å². The van der Waals surface area contributed by atoms with Crippen molar-refractivity contribution in [2.24, 2.45) is 11.3 Å². The van der Waals surface area contributed by atoms with Gasteiger partial charge in [-0.05, 0) is 74.1 Å². The Labute approximate surface area is 180 Å². The Morgan fingerprint density at radius 1 is 1.19 bits per heavy atom. The summed E-state index contributed by atoms with van der Waals surface area (Å²) in [5.41, 5.74) is -0.205. The van der Waals surface area contributed by atoms with Crippen LogP contribution >= 0.6 is 0 Å². The smallest absolute Gasteiger partial charge is 0.325 e. The minimum Gasteiger partial charge on any atom is -0.493 e. The first-order valence-corrected chi connectivity index (χ1v) is 11.1. The van der Waals surface area contributed by atoms with Gasteiger partial charge < -0.3 is 14.8 Å². The van der Waals surface area contributed by atoms with Crippen LogP contribution in [0.2, 0.25) is 0 Å². The molecule has 2 spiro atoms. The number of halogens is 2. The van der Waals surface area contributed by atoms with Gasteiger partial charge in [0.2, 0.25) is 0 Å². The van der Waals surface area contributed by atoms with Gasteiger partial charge in [0, 0.05) is 12.5 Å². The number of fused-ring (bicyclic) bond motifs is 3. The molecule has 1 atom stereocenters. The number of methoxy groups -OCH3 is 1. The van der Waals surface area contributed by atoms with E-state index in [9.17, 15) is 18.4 Å². The normalized spacial score (nSPS) is 32.3. The third kappa shape index (κ3) is 3.22. The largest absolute Gasteiger partial charge is 0.493 e. The van der Waals surface area contributed by atoms with Crippen LogP contribution < -0.4 is 10.1 Å². The van der Waals surface area contributed by atoms with Gasteiger partial charge in [-0.2, -0.15) is 0 Å². The minimum atomic E-state index is -2.78. The molecule has 2 saturated carbocycles. The zero-order valence-electron chi connectivity index (χ0n) is 17.7. The van der Waals surface area contributed by atoms with Crippen LogP contribution in [0.4, 0.5) is 13.6 Å². The van der Waals surface area contributed by atoms with E-state index in [1.54, 1.807) is 7.11 Å². The van der Waals surface area contributed by atoms with E-state index >= 15 is 0 Å². The number of urea groups is 1. The predicted octanol–water partition coefficient (Wildman–Crippen LogP) is 3.62. The van der Waals surface area contributed by atoms with E-state index in [-0.39, 0.29) is 6.10 Å². The van der Waals surface area contributed by atoms with Crippen molar-refractivity contribution in [2.75, 3.05) is 20.3 Å². The van der Waals surface area contributed by atoms with Gasteiger partial charge in [-0.3, -0.25) is 9.69 Å². The molecule has 1 unspecified atom stereocenters. The van der Waals surface area contributed by atoms with E-state index in [0.29, 0.717) is 48.0 Å². The highest BCUT2D eigenvalue weighted by molar-refractivity contribution is 6.09. The molecule has 8 heteroatoms. The fourth-order valence-corrected chi connectivity index (χ4v) is 5.78. The van der Waals surface area contributed by atoms with E-state index in [4.69, 9.17) is 9.47 Å². The molecule has 0 bridgehead atoms. The van der Waals surface area contributed by atoms with Crippen molar-refractivity contribution in [1.29, 1.82) is 0 Å². The standard InChI is InChI=1S/C23H28F2N2O4/c1-30-16-6-8-22(9-7-16)11-15-4-5-17(31-13-14-2-3-14)10-18(15)23(22)20(28)27(12-19(24)25)21(29)26-23/h4-5,10,14,16,19H,2-3,6-9,11-13H2,1H3,(H,26,29). The maximum absolute atomic E-state index is 13.7. The predicted molar refractivity (Wildman–Crippen MR) is 108 cm³/mol. The molecule has 4 aliphatic rings. The summed E-state index contributed by atoms with van der Waals surface area (Å²) in [7, 11) is 1.68. The number of hydrogen-bond donors (Lipinski definition) is 1. The lowest BCUT2D eigenvalue weighted by Gasteiger charge is -2.46. The zero-order valence-corrected chi connectivity index (χ0v) is 17.7. The Morgan fingerprint density at radius 3 is 2.58 bits per heavy atom. The van der Waals surface area contributed by atoms with Crippen molar-refractivity contribution in [3.05, 3.63) is 29.3 Å². The second-order valence-electron chi connectivity index (χ2n) is 9.45. The summed E-state index contributed by atoms with van der Waals surface area (Å²) < 4.78 is 37.8. The number of hydrogen-bond acceptors (Lipinski definition) is 4. The quantitative estimate of drug-likeness (QED) is 0.695. The van der Waals surface area contributed by atoms with E-state index in [0.717, 1.165) is 31.2 Å². The summed E-state index contributed by atoms with van der Waals surface area (Å²) in [4.78, 5) is 27.1. The summed E-state index contributed by atoms with van der Waals surface area (Å²) >= 11 is 0. The first kappa shape index (κ1) is 20.7. The van der Waals surface area contributed by atoms with Crippen molar-refractivity contribution in [2.45, 2.75) is 63.0 Å². The average Bonchev–Trinajstić information content (AvgIpc) is 3.51. The van der Waals surface area contributed by atoms with Crippen LogP contribution in [0.5, 0.6) is 5.75 Å². The molecule has 1 N–H and O–H groups in total. The second-order valence-corrected chi connectivity index (χ2v) is 9.45. The van der Waals surface area contributed by atoms with Gasteiger partial charge in [0.1, 0.15) is 5.75 Å². The van der Waals surface area contributed by atoms with Gasteiger partial charge in [0.05, 0.1) is 19.3 Å². The first-order chi connectivity index (χ1) is 14.9. The Kier molecular flexibility index (Phi) is 4.95. The molecule has 5 rings (SSSR count). The highest BCUT2D eigenvalue weighted by atomic mass is 19.3. The maximum Gasteiger partial charge on any atom is 0.325 e. The van der Waals surface area contributed by atoms with Crippen molar-refractivity contribution in [3.8, 4) is 5.75 Å². The lowest BCUT2D eigenvalue weighted by atomic mass is 9.61. The number of carbonyl (C=O) groups excluding carboxylic acids is 2. The molecule has 31 heavy (non-hydrogen) atoms. The molecule has 6 nitrogen and oxygen atoms in total. The lowest BCUT2D eigenvalue weighted by Crippen LogP contribution is -2.57. The Bertz CT molecular complexity index is 896. The van der Waals surface area contributed by atoms with Crippen molar-refractivity contribution < 1.29 is 27.8 Å². The van der Waals surface area contributed by atoms with E-state index in [2.05, 4.69) is 5.32 Å². The summed E-state index contributed by atoms with van der Waals surface area (Å²) in [6, 6.07) is 4.98. The first-order valence-electron chi connectivity index (χ1n) is 11.1. The van der Waals surface area contributed by atoms with Crippen molar-refractivity contribution >= 4 is 11.9 Å². The van der Waals surface area contributed by atoms with Gasteiger partial charge >= 0.3 is 6.03 Å². The van der Waals surface area contributed by atoms with E-state index < -0.39 is 35.9 Å². The van der Waals surface area contributed by atoms with Crippen LogP contribution in [0.1, 0.15) is 49.7 Å². The number of ether oxygens (including phenoxy) is 2. The summed E-state index contributed by atoms with van der Waals surface area (Å²) in [6.45, 7) is -0.263. The number of alkyl halides is 2. The van der Waals surface area contributed by atoms with E-state index in [1.165, 1.54) is 0 Å². The molecule has 1 saturated heterocycles. The maximum atomic E-state index is 13.7. The number of benzene rings is 1. The molecule has 1 aliphatic heterocycles. The number of amides is 3. The number of nitrogens with zero attached hydrogens (tertiary/aromatic N) is 1. The SMILES string of the molecule is COC1CCC2(CC1)Cc1ccc(OCC3CC3)cc1C21NC(=O)N(CC(F)F)C1=O. The molecular formula is C23H28F2N2O4. The van der Waals surface area contributed by atoms with E-state index in [1.807, 2.05) is 18.2 Å². The molecular weight excluding hydrogens is 406 g/mol. The second kappa shape index (κ2) is 7.43. The Hall–Kier alpha value is -2.22. The molecule has 0 radical (unpaired) electrons. The summed E-state index contributed by atoms with van der Waals surface area (Å²) in [5.74, 6) is 0.668. The topological polar surface area (TPSA) is 67.9 Å². The van der Waals surface area contributed by atoms with Crippen LogP contribution in [0.25, 0.3) is 0 Å².